The molecule has 0 aliphatic carbocycles. The van der Waals surface area contributed by atoms with Crippen molar-refractivity contribution in [1.29, 1.82) is 5.26 Å². The number of rotatable bonds is 4. The standard InChI is InChI=1S/C21H12Cl2F3N3O2/c1-11-6-14(29-19(30)15-7-12(9-27)2-4-16(15)22)3-5-18(11)31-20-17(23)8-13(10-28-20)21(24,25)26/h2-8,10H,1H3,(H,29,30). The summed E-state index contributed by atoms with van der Waals surface area (Å²) in [6.45, 7) is 1.67. The van der Waals surface area contributed by atoms with Crippen molar-refractivity contribution < 1.29 is 22.7 Å². The number of nitriles is 1. The molecule has 0 aliphatic heterocycles. The van der Waals surface area contributed by atoms with Crippen LogP contribution in [0.2, 0.25) is 10.0 Å². The molecular formula is C21H12Cl2F3N3O2. The van der Waals surface area contributed by atoms with E-state index in [1.165, 1.54) is 30.3 Å². The van der Waals surface area contributed by atoms with Gasteiger partial charge in [-0.05, 0) is 55.0 Å². The summed E-state index contributed by atoms with van der Waals surface area (Å²) in [5, 5.41) is 11.5. The van der Waals surface area contributed by atoms with Gasteiger partial charge in [-0.3, -0.25) is 4.79 Å². The predicted molar refractivity (Wildman–Crippen MR) is 110 cm³/mol. The van der Waals surface area contributed by atoms with Crippen LogP contribution in [0.3, 0.4) is 0 Å². The third-order valence-electron chi connectivity index (χ3n) is 4.11. The Hall–Kier alpha value is -3.28. The first-order valence-electron chi connectivity index (χ1n) is 8.60. The highest BCUT2D eigenvalue weighted by Crippen LogP contribution is 2.35. The molecule has 0 aliphatic rings. The molecule has 158 valence electrons. The number of aryl methyl sites for hydroxylation is 1. The molecule has 31 heavy (non-hydrogen) atoms. The first-order valence-corrected chi connectivity index (χ1v) is 9.36. The summed E-state index contributed by atoms with van der Waals surface area (Å²) in [7, 11) is 0. The van der Waals surface area contributed by atoms with Gasteiger partial charge in [-0.1, -0.05) is 23.2 Å². The van der Waals surface area contributed by atoms with E-state index < -0.39 is 17.6 Å². The number of alkyl halides is 3. The van der Waals surface area contributed by atoms with Gasteiger partial charge in [-0.25, -0.2) is 4.98 Å². The Kier molecular flexibility index (Phi) is 6.39. The number of halogens is 5. The SMILES string of the molecule is Cc1cc(NC(=O)c2cc(C#N)ccc2Cl)ccc1Oc1ncc(C(F)(F)F)cc1Cl. The molecule has 1 amide bonds. The number of anilines is 1. The van der Waals surface area contributed by atoms with Crippen molar-refractivity contribution in [3.8, 4) is 17.7 Å². The number of hydrogen-bond donors (Lipinski definition) is 1. The molecule has 0 saturated carbocycles. The molecule has 3 aromatic rings. The fourth-order valence-corrected chi connectivity index (χ4v) is 2.98. The third-order valence-corrected chi connectivity index (χ3v) is 4.71. The van der Waals surface area contributed by atoms with Gasteiger partial charge in [-0.15, -0.1) is 0 Å². The molecule has 1 aromatic heterocycles. The molecule has 0 radical (unpaired) electrons. The smallest absolute Gasteiger partial charge is 0.417 e. The van der Waals surface area contributed by atoms with Crippen LogP contribution in [0.15, 0.2) is 48.7 Å². The van der Waals surface area contributed by atoms with Crippen LogP contribution < -0.4 is 10.1 Å². The van der Waals surface area contributed by atoms with Gasteiger partial charge in [0.25, 0.3) is 5.91 Å². The Bertz CT molecular complexity index is 1210. The van der Waals surface area contributed by atoms with E-state index >= 15 is 0 Å². The molecule has 1 N–H and O–H groups in total. The van der Waals surface area contributed by atoms with Crippen LogP contribution >= 0.6 is 23.2 Å². The summed E-state index contributed by atoms with van der Waals surface area (Å²) < 4.78 is 43.7. The van der Waals surface area contributed by atoms with E-state index in [-0.39, 0.29) is 32.8 Å². The van der Waals surface area contributed by atoms with Crippen LogP contribution in [-0.4, -0.2) is 10.9 Å². The van der Waals surface area contributed by atoms with Crippen molar-refractivity contribution >= 4 is 34.8 Å². The van der Waals surface area contributed by atoms with Crippen LogP contribution in [0, 0.1) is 18.3 Å². The minimum Gasteiger partial charge on any atom is -0.437 e. The monoisotopic (exact) mass is 465 g/mol. The number of nitrogens with zero attached hydrogens (tertiary/aromatic N) is 2. The normalized spacial score (nSPS) is 11.0. The molecule has 5 nitrogen and oxygen atoms in total. The van der Waals surface area contributed by atoms with Crippen molar-refractivity contribution in [2.24, 2.45) is 0 Å². The summed E-state index contributed by atoms with van der Waals surface area (Å²) >= 11 is 11.9. The van der Waals surface area contributed by atoms with Crippen molar-refractivity contribution in [3.05, 3.63) is 81.0 Å². The number of nitrogens with one attached hydrogen (secondary N) is 1. The van der Waals surface area contributed by atoms with E-state index in [0.717, 1.165) is 6.07 Å². The maximum absolute atomic E-state index is 12.7. The van der Waals surface area contributed by atoms with Crippen LogP contribution in [0.5, 0.6) is 11.6 Å². The molecule has 0 fully saturated rings. The summed E-state index contributed by atoms with van der Waals surface area (Å²) in [6.07, 6.45) is -3.94. The summed E-state index contributed by atoms with van der Waals surface area (Å²) in [5.41, 5.74) is 0.417. The Labute approximate surface area is 185 Å². The number of carbonyl (C=O) groups excluding carboxylic acids is 1. The second-order valence-corrected chi connectivity index (χ2v) is 7.17. The number of aromatic nitrogens is 1. The second-order valence-electron chi connectivity index (χ2n) is 6.35. The first-order chi connectivity index (χ1) is 14.6. The van der Waals surface area contributed by atoms with Gasteiger partial charge in [-0.2, -0.15) is 18.4 Å². The number of hydrogen-bond acceptors (Lipinski definition) is 4. The molecule has 0 bridgehead atoms. The largest absolute Gasteiger partial charge is 0.437 e. The van der Waals surface area contributed by atoms with Crippen LogP contribution in [0.4, 0.5) is 18.9 Å². The molecule has 3 rings (SSSR count). The number of pyridine rings is 1. The zero-order chi connectivity index (χ0) is 22.8. The Morgan fingerprint density at radius 2 is 1.87 bits per heavy atom. The zero-order valence-electron chi connectivity index (χ0n) is 15.7. The van der Waals surface area contributed by atoms with Gasteiger partial charge in [0, 0.05) is 11.9 Å². The first kappa shape index (κ1) is 22.4. The summed E-state index contributed by atoms with van der Waals surface area (Å²) in [6, 6.07) is 11.6. The lowest BCUT2D eigenvalue weighted by Gasteiger charge is -2.13. The van der Waals surface area contributed by atoms with E-state index in [1.807, 2.05) is 6.07 Å². The molecule has 10 heteroatoms. The molecule has 0 unspecified atom stereocenters. The highest BCUT2D eigenvalue weighted by molar-refractivity contribution is 6.34. The average molecular weight is 466 g/mol. The lowest BCUT2D eigenvalue weighted by atomic mass is 10.1. The lowest BCUT2D eigenvalue weighted by Crippen LogP contribution is -2.13. The quantitative estimate of drug-likeness (QED) is 0.468. The zero-order valence-corrected chi connectivity index (χ0v) is 17.2. The minimum atomic E-state index is -4.57. The average Bonchev–Trinajstić information content (AvgIpc) is 2.70. The van der Waals surface area contributed by atoms with Gasteiger partial charge in [0.05, 0.1) is 27.8 Å². The van der Waals surface area contributed by atoms with E-state index in [1.54, 1.807) is 13.0 Å². The lowest BCUT2D eigenvalue weighted by molar-refractivity contribution is -0.137. The molecule has 0 saturated heterocycles. The third kappa shape index (κ3) is 5.26. The van der Waals surface area contributed by atoms with E-state index in [4.69, 9.17) is 33.2 Å². The summed E-state index contributed by atoms with van der Waals surface area (Å²) in [5.74, 6) is -0.408. The Morgan fingerprint density at radius 3 is 2.48 bits per heavy atom. The maximum Gasteiger partial charge on any atom is 0.417 e. The van der Waals surface area contributed by atoms with Gasteiger partial charge in [0.1, 0.15) is 10.8 Å². The van der Waals surface area contributed by atoms with Crippen LogP contribution in [-0.2, 0) is 6.18 Å². The molecule has 2 aromatic carbocycles. The van der Waals surface area contributed by atoms with Crippen LogP contribution in [0.1, 0.15) is 27.0 Å². The maximum atomic E-state index is 12.7. The minimum absolute atomic E-state index is 0.138. The van der Waals surface area contributed by atoms with Gasteiger partial charge < -0.3 is 10.1 Å². The highest BCUT2D eigenvalue weighted by Gasteiger charge is 2.31. The van der Waals surface area contributed by atoms with Crippen molar-refractivity contribution in [1.82, 2.24) is 4.98 Å². The summed E-state index contributed by atoms with van der Waals surface area (Å²) in [4.78, 5) is 16.1. The van der Waals surface area contributed by atoms with Gasteiger partial charge >= 0.3 is 6.18 Å². The van der Waals surface area contributed by atoms with Gasteiger partial charge in [0.2, 0.25) is 5.88 Å². The number of carbonyl (C=O) groups is 1. The van der Waals surface area contributed by atoms with Gasteiger partial charge in [0.15, 0.2) is 0 Å². The number of ether oxygens (including phenoxy) is 1. The number of benzene rings is 2. The van der Waals surface area contributed by atoms with E-state index in [0.29, 0.717) is 17.4 Å². The van der Waals surface area contributed by atoms with Crippen molar-refractivity contribution in [2.45, 2.75) is 13.1 Å². The van der Waals surface area contributed by atoms with E-state index in [2.05, 4.69) is 10.3 Å². The van der Waals surface area contributed by atoms with Crippen molar-refractivity contribution in [3.63, 3.8) is 0 Å². The van der Waals surface area contributed by atoms with Crippen molar-refractivity contribution in [2.75, 3.05) is 5.32 Å². The molecule has 0 atom stereocenters. The second kappa shape index (κ2) is 8.84. The highest BCUT2D eigenvalue weighted by atomic mass is 35.5. The van der Waals surface area contributed by atoms with E-state index in [9.17, 15) is 18.0 Å². The fourth-order valence-electron chi connectivity index (χ4n) is 2.57. The Morgan fingerprint density at radius 1 is 1.13 bits per heavy atom. The molecule has 1 heterocycles. The molecule has 0 spiro atoms. The fraction of sp³-hybridized carbons (Fsp3) is 0.0952. The molecular weight excluding hydrogens is 454 g/mol. The number of amides is 1. The topological polar surface area (TPSA) is 75.0 Å². The van der Waals surface area contributed by atoms with Crippen LogP contribution in [0.25, 0.3) is 0 Å². The Balaban J connectivity index is 1.78. The predicted octanol–water partition coefficient (Wildman–Crippen LogP) is 6.63.